The van der Waals surface area contributed by atoms with E-state index in [1.54, 1.807) is 18.0 Å². The Balaban J connectivity index is 1.51. The second-order valence-electron chi connectivity index (χ2n) is 10.2. The second-order valence-corrected chi connectivity index (χ2v) is 10.2. The van der Waals surface area contributed by atoms with Crippen LogP contribution in [0.4, 0.5) is 0 Å². The monoisotopic (exact) mass is 493 g/mol. The Morgan fingerprint density at radius 2 is 1.92 bits per heavy atom. The molecule has 192 valence electrons. The van der Waals surface area contributed by atoms with Gasteiger partial charge in [-0.15, -0.1) is 0 Å². The number of amides is 3. The quantitative estimate of drug-likeness (QED) is 0.512. The van der Waals surface area contributed by atoms with Crippen LogP contribution in [0.3, 0.4) is 0 Å². The fraction of sp³-hybridized carbons (Fsp3) is 0.481. The number of carbonyl (C=O) groups is 3. The van der Waals surface area contributed by atoms with Crippen molar-refractivity contribution in [3.63, 3.8) is 0 Å². The maximum atomic E-state index is 13.8. The van der Waals surface area contributed by atoms with Gasteiger partial charge < -0.3 is 26.0 Å². The first-order valence-corrected chi connectivity index (χ1v) is 12.4. The van der Waals surface area contributed by atoms with Gasteiger partial charge in [-0.05, 0) is 37.5 Å². The van der Waals surface area contributed by atoms with Crippen LogP contribution in [0.15, 0.2) is 54.7 Å². The average Bonchev–Trinajstić information content (AvgIpc) is 3.19. The second kappa shape index (κ2) is 10.8. The van der Waals surface area contributed by atoms with E-state index in [0.29, 0.717) is 45.5 Å². The Kier molecular flexibility index (Phi) is 7.70. The number of hydrogen-bond acceptors (Lipinski definition) is 6. The number of hydrogen-bond donors (Lipinski definition) is 2. The number of aromatic nitrogens is 1. The third-order valence-corrected chi connectivity index (χ3v) is 7.32. The van der Waals surface area contributed by atoms with E-state index in [4.69, 9.17) is 16.2 Å². The van der Waals surface area contributed by atoms with Gasteiger partial charge in [-0.1, -0.05) is 36.4 Å². The number of nitrogens with two attached hydrogens (primary N) is 2. The van der Waals surface area contributed by atoms with Crippen LogP contribution < -0.4 is 11.5 Å². The Labute approximate surface area is 211 Å². The lowest BCUT2D eigenvalue weighted by atomic mass is 9.85. The summed E-state index contributed by atoms with van der Waals surface area (Å²) in [6.07, 6.45) is 3.51. The Morgan fingerprint density at radius 3 is 2.61 bits per heavy atom. The summed E-state index contributed by atoms with van der Waals surface area (Å²) in [5.41, 5.74) is 11.7. The smallest absolute Gasteiger partial charge is 0.237 e. The summed E-state index contributed by atoms with van der Waals surface area (Å²) in [5.74, 6) is -1.34. The lowest BCUT2D eigenvalue weighted by molar-refractivity contribution is -0.148. The molecule has 9 nitrogen and oxygen atoms in total. The van der Waals surface area contributed by atoms with E-state index in [-0.39, 0.29) is 24.8 Å². The van der Waals surface area contributed by atoms with Gasteiger partial charge in [0.1, 0.15) is 0 Å². The van der Waals surface area contributed by atoms with Crippen LogP contribution in [-0.4, -0.2) is 69.8 Å². The van der Waals surface area contributed by atoms with E-state index in [1.807, 2.05) is 53.4 Å². The number of nitrogens with zero attached hydrogens (tertiary/aromatic N) is 3. The van der Waals surface area contributed by atoms with Crippen LogP contribution in [0.2, 0.25) is 0 Å². The fourth-order valence-electron chi connectivity index (χ4n) is 5.30. The zero-order chi connectivity index (χ0) is 25.8. The number of benzene rings is 1. The van der Waals surface area contributed by atoms with Gasteiger partial charge in [0.2, 0.25) is 17.7 Å². The van der Waals surface area contributed by atoms with Gasteiger partial charge in [-0.25, -0.2) is 0 Å². The van der Waals surface area contributed by atoms with Crippen LogP contribution in [-0.2, 0) is 32.1 Å². The predicted molar refractivity (Wildman–Crippen MR) is 134 cm³/mol. The Bertz CT molecular complexity index is 1080. The largest absolute Gasteiger partial charge is 0.376 e. The summed E-state index contributed by atoms with van der Waals surface area (Å²) in [4.78, 5) is 46.6. The number of fused-ring (bicyclic) bond motifs is 1. The summed E-state index contributed by atoms with van der Waals surface area (Å²) in [5, 5.41) is 0. The highest BCUT2D eigenvalue weighted by molar-refractivity contribution is 5.86. The highest BCUT2D eigenvalue weighted by atomic mass is 16.5. The van der Waals surface area contributed by atoms with Crippen molar-refractivity contribution in [2.75, 3.05) is 26.2 Å². The number of pyridine rings is 1. The van der Waals surface area contributed by atoms with Crippen LogP contribution in [0.1, 0.15) is 37.4 Å². The third kappa shape index (κ3) is 5.74. The number of ether oxygens (including phenoxy) is 1. The molecule has 2 fully saturated rings. The van der Waals surface area contributed by atoms with Gasteiger partial charge in [0, 0.05) is 44.4 Å². The van der Waals surface area contributed by atoms with Crippen molar-refractivity contribution in [1.82, 2.24) is 14.8 Å². The van der Waals surface area contributed by atoms with Crippen molar-refractivity contribution in [3.05, 3.63) is 66.0 Å². The standard InChI is InChI=1S/C27H35N5O4/c1-26(29,25(28)35)15-21(18-36-17-20-7-3-2-4-8-20)24(34)31-13-14-32-23(33)10-11-27(32,19-31)16-22-9-5-6-12-30-22/h2-9,12,21H,10-11,13-19,29H2,1H3,(H2,28,35)/t21-,26?,27?/m1/s1. The molecule has 0 bridgehead atoms. The summed E-state index contributed by atoms with van der Waals surface area (Å²) < 4.78 is 5.91. The first kappa shape index (κ1) is 25.8. The molecule has 0 saturated carbocycles. The summed E-state index contributed by atoms with van der Waals surface area (Å²) >= 11 is 0. The third-order valence-electron chi connectivity index (χ3n) is 7.32. The van der Waals surface area contributed by atoms with Gasteiger partial charge in [-0.3, -0.25) is 19.4 Å². The molecule has 2 unspecified atom stereocenters. The zero-order valence-corrected chi connectivity index (χ0v) is 20.8. The van der Waals surface area contributed by atoms with Crippen molar-refractivity contribution < 1.29 is 19.1 Å². The van der Waals surface area contributed by atoms with Gasteiger partial charge in [0.15, 0.2) is 0 Å². The molecule has 4 N–H and O–H groups in total. The van der Waals surface area contributed by atoms with Crippen LogP contribution >= 0.6 is 0 Å². The molecule has 4 rings (SSSR count). The first-order valence-electron chi connectivity index (χ1n) is 12.4. The Morgan fingerprint density at radius 1 is 1.17 bits per heavy atom. The van der Waals surface area contributed by atoms with Crippen molar-refractivity contribution >= 4 is 17.7 Å². The molecule has 2 aliphatic heterocycles. The van der Waals surface area contributed by atoms with E-state index in [9.17, 15) is 14.4 Å². The van der Waals surface area contributed by atoms with Crippen LogP contribution in [0, 0.1) is 5.92 Å². The molecule has 3 amide bonds. The van der Waals surface area contributed by atoms with Crippen LogP contribution in [0.25, 0.3) is 0 Å². The molecular weight excluding hydrogens is 458 g/mol. The minimum atomic E-state index is -1.35. The first-order chi connectivity index (χ1) is 17.2. The SMILES string of the molecule is CC(N)(C[C@H](COCc1ccccc1)C(=O)N1CCN2C(=O)CCC2(Cc2ccccn2)C1)C(N)=O. The minimum absolute atomic E-state index is 0.0718. The maximum Gasteiger partial charge on any atom is 0.237 e. The van der Waals surface area contributed by atoms with Gasteiger partial charge in [-0.2, -0.15) is 0 Å². The molecular formula is C27H35N5O4. The molecule has 2 aliphatic rings. The van der Waals surface area contributed by atoms with Crippen LogP contribution in [0.5, 0.6) is 0 Å². The van der Waals surface area contributed by atoms with E-state index in [0.717, 1.165) is 11.3 Å². The molecule has 1 aromatic heterocycles. The lowest BCUT2D eigenvalue weighted by Gasteiger charge is -2.48. The molecule has 1 aromatic carbocycles. The average molecular weight is 494 g/mol. The van der Waals surface area contributed by atoms with Crippen molar-refractivity contribution in [3.8, 4) is 0 Å². The van der Waals surface area contributed by atoms with Crippen molar-refractivity contribution in [1.29, 1.82) is 0 Å². The maximum absolute atomic E-state index is 13.8. The van der Waals surface area contributed by atoms with Gasteiger partial charge >= 0.3 is 0 Å². The number of piperazine rings is 1. The molecule has 0 spiro atoms. The molecule has 3 heterocycles. The molecule has 0 aliphatic carbocycles. The van der Waals surface area contributed by atoms with E-state index in [2.05, 4.69) is 4.98 Å². The summed E-state index contributed by atoms with van der Waals surface area (Å²) in [6, 6.07) is 15.4. The molecule has 9 heteroatoms. The molecule has 36 heavy (non-hydrogen) atoms. The number of rotatable bonds is 10. The van der Waals surface area contributed by atoms with E-state index >= 15 is 0 Å². The molecule has 0 radical (unpaired) electrons. The fourth-order valence-corrected chi connectivity index (χ4v) is 5.30. The van der Waals surface area contributed by atoms with Crippen molar-refractivity contribution in [2.45, 2.75) is 50.3 Å². The number of carbonyl (C=O) groups excluding carboxylic acids is 3. The topological polar surface area (TPSA) is 132 Å². The summed E-state index contributed by atoms with van der Waals surface area (Å²) in [6.45, 7) is 3.28. The van der Waals surface area contributed by atoms with E-state index in [1.165, 1.54) is 0 Å². The summed E-state index contributed by atoms with van der Waals surface area (Å²) in [7, 11) is 0. The Hall–Kier alpha value is -3.30. The van der Waals surface area contributed by atoms with Gasteiger partial charge in [0.25, 0.3) is 0 Å². The minimum Gasteiger partial charge on any atom is -0.376 e. The highest BCUT2D eigenvalue weighted by Gasteiger charge is 2.50. The van der Waals surface area contributed by atoms with E-state index < -0.39 is 22.9 Å². The zero-order valence-electron chi connectivity index (χ0n) is 20.8. The highest BCUT2D eigenvalue weighted by Crippen LogP contribution is 2.37. The molecule has 3 atom stereocenters. The normalized spacial score (nSPS) is 22.1. The molecule has 2 aromatic rings. The van der Waals surface area contributed by atoms with Crippen molar-refractivity contribution in [2.24, 2.45) is 17.4 Å². The molecule has 2 saturated heterocycles. The number of primary amides is 1. The predicted octanol–water partition coefficient (Wildman–Crippen LogP) is 1.25. The van der Waals surface area contributed by atoms with Gasteiger partial charge in [0.05, 0.1) is 30.2 Å². The lowest BCUT2D eigenvalue weighted by Crippen LogP contribution is -2.63.